The van der Waals surface area contributed by atoms with Gasteiger partial charge in [0.25, 0.3) is 0 Å². The third-order valence-corrected chi connectivity index (χ3v) is 3.97. The van der Waals surface area contributed by atoms with Gasteiger partial charge < -0.3 is 10.0 Å². The molecule has 1 N–H and O–H groups in total. The fourth-order valence-corrected chi connectivity index (χ4v) is 2.46. The first kappa shape index (κ1) is 13.5. The molecule has 0 atom stereocenters. The fraction of sp³-hybridized carbons (Fsp3) is 0.667. The van der Waals surface area contributed by atoms with Crippen molar-refractivity contribution in [3.63, 3.8) is 0 Å². The Morgan fingerprint density at radius 1 is 1.37 bits per heavy atom. The minimum atomic E-state index is -0.752. The SMILES string of the molecule is CCC1(C(=O)O)CCN(C(=O)Cn2ccnn2)CC1. The molecule has 1 aromatic heterocycles. The summed E-state index contributed by atoms with van der Waals surface area (Å²) < 4.78 is 1.47. The monoisotopic (exact) mass is 266 g/mol. The predicted molar refractivity (Wildman–Crippen MR) is 66.2 cm³/mol. The lowest BCUT2D eigenvalue weighted by molar-refractivity contribution is -0.154. The number of carbonyl (C=O) groups excluding carboxylic acids is 1. The molecule has 7 heteroatoms. The van der Waals surface area contributed by atoms with Crippen LogP contribution >= 0.6 is 0 Å². The Morgan fingerprint density at radius 3 is 2.53 bits per heavy atom. The fourth-order valence-electron chi connectivity index (χ4n) is 2.46. The summed E-state index contributed by atoms with van der Waals surface area (Å²) >= 11 is 0. The van der Waals surface area contributed by atoms with Crippen LogP contribution < -0.4 is 0 Å². The second kappa shape index (κ2) is 5.38. The molecule has 0 aliphatic carbocycles. The van der Waals surface area contributed by atoms with Gasteiger partial charge in [-0.25, -0.2) is 4.68 Å². The average Bonchev–Trinajstić information content (AvgIpc) is 2.91. The number of aromatic nitrogens is 3. The van der Waals surface area contributed by atoms with E-state index in [1.165, 1.54) is 10.9 Å². The van der Waals surface area contributed by atoms with E-state index in [-0.39, 0.29) is 12.5 Å². The van der Waals surface area contributed by atoms with E-state index in [2.05, 4.69) is 10.3 Å². The minimum absolute atomic E-state index is 0.0411. The number of hydrogen-bond donors (Lipinski definition) is 1. The Kier molecular flexibility index (Phi) is 3.82. The number of likely N-dealkylation sites (tertiary alicyclic amines) is 1. The molecule has 1 fully saturated rings. The third kappa shape index (κ3) is 2.74. The van der Waals surface area contributed by atoms with Gasteiger partial charge in [-0.2, -0.15) is 0 Å². The summed E-state index contributed by atoms with van der Waals surface area (Å²) in [6, 6.07) is 0. The molecule has 1 aromatic rings. The van der Waals surface area contributed by atoms with E-state index < -0.39 is 11.4 Å². The van der Waals surface area contributed by atoms with Gasteiger partial charge in [0.2, 0.25) is 5.91 Å². The number of hydrogen-bond acceptors (Lipinski definition) is 4. The largest absolute Gasteiger partial charge is 0.481 e. The highest BCUT2D eigenvalue weighted by Gasteiger charge is 2.40. The van der Waals surface area contributed by atoms with Crippen LogP contribution in [0.5, 0.6) is 0 Å². The predicted octanol–water partition coefficient (Wildman–Crippen LogP) is 0.381. The van der Waals surface area contributed by atoms with Crippen LogP contribution in [-0.4, -0.2) is 50.0 Å². The minimum Gasteiger partial charge on any atom is -0.481 e. The van der Waals surface area contributed by atoms with Crippen molar-refractivity contribution in [2.45, 2.75) is 32.7 Å². The molecule has 104 valence electrons. The molecule has 2 rings (SSSR count). The number of carboxylic acid groups (broad SMARTS) is 1. The van der Waals surface area contributed by atoms with Crippen LogP contribution in [0.15, 0.2) is 12.4 Å². The van der Waals surface area contributed by atoms with Crippen molar-refractivity contribution < 1.29 is 14.7 Å². The Morgan fingerprint density at radius 2 is 2.05 bits per heavy atom. The van der Waals surface area contributed by atoms with Gasteiger partial charge in [-0.15, -0.1) is 5.10 Å². The lowest BCUT2D eigenvalue weighted by atomic mass is 9.76. The Bertz CT molecular complexity index is 450. The second-order valence-corrected chi connectivity index (χ2v) is 4.92. The van der Waals surface area contributed by atoms with Crippen LogP contribution in [0, 0.1) is 5.41 Å². The van der Waals surface area contributed by atoms with E-state index in [4.69, 9.17) is 0 Å². The number of aliphatic carboxylic acids is 1. The molecule has 1 amide bonds. The lowest BCUT2D eigenvalue weighted by Crippen LogP contribution is -2.47. The average molecular weight is 266 g/mol. The molecule has 7 nitrogen and oxygen atoms in total. The summed E-state index contributed by atoms with van der Waals surface area (Å²) in [4.78, 5) is 25.0. The van der Waals surface area contributed by atoms with Crippen LogP contribution in [0.4, 0.5) is 0 Å². The summed E-state index contributed by atoms with van der Waals surface area (Å²) in [7, 11) is 0. The molecule has 19 heavy (non-hydrogen) atoms. The molecule has 0 saturated carbocycles. The Hall–Kier alpha value is -1.92. The van der Waals surface area contributed by atoms with Crippen molar-refractivity contribution in [3.8, 4) is 0 Å². The van der Waals surface area contributed by atoms with Crippen molar-refractivity contribution in [2.24, 2.45) is 5.41 Å². The van der Waals surface area contributed by atoms with Crippen molar-refractivity contribution >= 4 is 11.9 Å². The van der Waals surface area contributed by atoms with E-state index >= 15 is 0 Å². The van der Waals surface area contributed by atoms with E-state index in [9.17, 15) is 14.7 Å². The van der Waals surface area contributed by atoms with Gasteiger partial charge >= 0.3 is 5.97 Å². The maximum Gasteiger partial charge on any atom is 0.309 e. The molecule has 2 heterocycles. The van der Waals surface area contributed by atoms with E-state index in [0.717, 1.165) is 0 Å². The summed E-state index contributed by atoms with van der Waals surface area (Å²) in [5.74, 6) is -0.793. The van der Waals surface area contributed by atoms with Gasteiger partial charge in [0, 0.05) is 19.3 Å². The third-order valence-electron chi connectivity index (χ3n) is 3.97. The number of rotatable bonds is 4. The molecule has 1 aliphatic rings. The summed E-state index contributed by atoms with van der Waals surface area (Å²) in [6.45, 7) is 3.04. The van der Waals surface area contributed by atoms with E-state index in [1.807, 2.05) is 6.92 Å². The number of piperidine rings is 1. The van der Waals surface area contributed by atoms with Crippen molar-refractivity contribution in [1.29, 1.82) is 0 Å². The summed E-state index contributed by atoms with van der Waals surface area (Å²) in [5, 5.41) is 16.7. The van der Waals surface area contributed by atoms with Gasteiger partial charge in [-0.05, 0) is 19.3 Å². The van der Waals surface area contributed by atoms with Gasteiger partial charge in [0.05, 0.1) is 11.6 Å². The molecule has 1 aliphatic heterocycles. The number of carbonyl (C=O) groups is 2. The molecule has 0 spiro atoms. The first-order valence-corrected chi connectivity index (χ1v) is 6.43. The number of nitrogens with zero attached hydrogens (tertiary/aromatic N) is 4. The van der Waals surface area contributed by atoms with E-state index in [0.29, 0.717) is 32.4 Å². The highest BCUT2D eigenvalue weighted by molar-refractivity contribution is 5.78. The maximum atomic E-state index is 12.0. The van der Waals surface area contributed by atoms with Crippen LogP contribution in [0.1, 0.15) is 26.2 Å². The highest BCUT2D eigenvalue weighted by Crippen LogP contribution is 2.35. The zero-order chi connectivity index (χ0) is 13.9. The molecule has 0 aromatic carbocycles. The normalized spacial score (nSPS) is 18.3. The molecule has 0 radical (unpaired) electrons. The van der Waals surface area contributed by atoms with E-state index in [1.54, 1.807) is 11.1 Å². The summed E-state index contributed by atoms with van der Waals surface area (Å²) in [6.07, 6.45) is 4.79. The molecule has 0 bridgehead atoms. The number of amides is 1. The van der Waals surface area contributed by atoms with Gasteiger partial charge in [-0.3, -0.25) is 9.59 Å². The standard InChI is InChI=1S/C12H18N4O3/c1-2-12(11(18)19)3-6-15(7-4-12)10(17)9-16-8-5-13-14-16/h5,8H,2-4,6-7,9H2,1H3,(H,18,19). The summed E-state index contributed by atoms with van der Waals surface area (Å²) in [5.41, 5.74) is -0.663. The highest BCUT2D eigenvalue weighted by atomic mass is 16.4. The molecule has 1 saturated heterocycles. The first-order valence-electron chi connectivity index (χ1n) is 6.43. The topological polar surface area (TPSA) is 88.3 Å². The Balaban J connectivity index is 1.92. The molecular formula is C12H18N4O3. The van der Waals surface area contributed by atoms with Gasteiger partial charge in [-0.1, -0.05) is 12.1 Å². The molecule has 0 unspecified atom stereocenters. The lowest BCUT2D eigenvalue weighted by Gasteiger charge is -2.38. The quantitative estimate of drug-likeness (QED) is 0.851. The van der Waals surface area contributed by atoms with Crippen LogP contribution in [0.25, 0.3) is 0 Å². The van der Waals surface area contributed by atoms with Crippen molar-refractivity contribution in [2.75, 3.05) is 13.1 Å². The van der Waals surface area contributed by atoms with Gasteiger partial charge in [0.1, 0.15) is 6.54 Å². The van der Waals surface area contributed by atoms with Crippen LogP contribution in [0.2, 0.25) is 0 Å². The van der Waals surface area contributed by atoms with Crippen molar-refractivity contribution in [1.82, 2.24) is 19.9 Å². The second-order valence-electron chi connectivity index (χ2n) is 4.92. The van der Waals surface area contributed by atoms with Gasteiger partial charge in [0.15, 0.2) is 0 Å². The van der Waals surface area contributed by atoms with Crippen molar-refractivity contribution in [3.05, 3.63) is 12.4 Å². The van der Waals surface area contributed by atoms with Crippen LogP contribution in [-0.2, 0) is 16.1 Å². The maximum absolute atomic E-state index is 12.0. The van der Waals surface area contributed by atoms with Crippen LogP contribution in [0.3, 0.4) is 0 Å². The Labute approximate surface area is 111 Å². The molecular weight excluding hydrogens is 248 g/mol. The zero-order valence-corrected chi connectivity index (χ0v) is 10.9. The smallest absolute Gasteiger partial charge is 0.309 e. The zero-order valence-electron chi connectivity index (χ0n) is 10.9. The number of carboxylic acids is 1. The first-order chi connectivity index (χ1) is 9.07.